The summed E-state index contributed by atoms with van der Waals surface area (Å²) in [5.41, 5.74) is 0.272. The van der Waals surface area contributed by atoms with Crippen LogP contribution in [0.15, 0.2) is 0 Å². The Hall–Kier alpha value is -0.410. The molecule has 2 N–H and O–H groups in total. The Morgan fingerprint density at radius 2 is 1.76 bits per heavy atom. The molecule has 166 valence electrons. The van der Waals surface area contributed by atoms with Crippen LogP contribution in [0, 0.1) is 46.3 Å². The summed E-state index contributed by atoms with van der Waals surface area (Å²) >= 11 is 0. The quantitative estimate of drug-likeness (QED) is 0.605. The van der Waals surface area contributed by atoms with E-state index in [0.29, 0.717) is 41.8 Å². The normalized spacial score (nSPS) is 50.6. The largest absolute Gasteiger partial charge is 0.390 e. The van der Waals surface area contributed by atoms with Crippen molar-refractivity contribution in [1.29, 1.82) is 0 Å². The van der Waals surface area contributed by atoms with E-state index >= 15 is 0 Å². The molecule has 0 aromatic rings. The molecule has 4 rings (SSSR count). The van der Waals surface area contributed by atoms with E-state index in [2.05, 4.69) is 27.7 Å². The zero-order chi connectivity index (χ0) is 21.0. The molecular formula is C26H44O3. The van der Waals surface area contributed by atoms with Gasteiger partial charge in [-0.2, -0.15) is 0 Å². The van der Waals surface area contributed by atoms with Gasteiger partial charge >= 0.3 is 0 Å². The van der Waals surface area contributed by atoms with Gasteiger partial charge in [0.15, 0.2) is 0 Å². The minimum absolute atomic E-state index is 0.0447. The summed E-state index contributed by atoms with van der Waals surface area (Å²) in [6, 6.07) is 0. The van der Waals surface area contributed by atoms with Crippen molar-refractivity contribution in [3.63, 3.8) is 0 Å². The number of ketones is 1. The topological polar surface area (TPSA) is 57.5 Å². The standard InChI is InChI=1S/C26H44O3/c1-5-6-7-8-16(2)18-9-10-19-17-13-22(27)21-14-23(28)24(29)15-26(21,4)20(17)11-12-25(18,19)3/h16-21,23-24,28-29H,5-15H2,1-4H3/t16-,17+,18-,19+,20+,21-,23+,24-,25-,26-/m1/s1. The second-order valence-electron chi connectivity index (χ2n) is 11.9. The first-order chi connectivity index (χ1) is 13.7. The van der Waals surface area contributed by atoms with E-state index in [1.54, 1.807) is 0 Å². The number of aliphatic hydroxyl groups is 2. The van der Waals surface area contributed by atoms with Crippen LogP contribution in [0.3, 0.4) is 0 Å². The Bertz CT molecular complexity index is 617. The third kappa shape index (κ3) is 3.43. The zero-order valence-corrected chi connectivity index (χ0v) is 19.2. The van der Waals surface area contributed by atoms with Gasteiger partial charge in [0.05, 0.1) is 12.2 Å². The number of hydrogen-bond donors (Lipinski definition) is 2. The smallest absolute Gasteiger partial charge is 0.136 e. The number of fused-ring (bicyclic) bond motifs is 5. The Kier molecular flexibility index (Phi) is 5.97. The maximum absolute atomic E-state index is 13.2. The van der Waals surface area contributed by atoms with E-state index < -0.39 is 12.2 Å². The van der Waals surface area contributed by atoms with Crippen molar-refractivity contribution in [1.82, 2.24) is 0 Å². The van der Waals surface area contributed by atoms with Crippen LogP contribution in [0.5, 0.6) is 0 Å². The third-order valence-corrected chi connectivity index (χ3v) is 10.5. The number of carbonyl (C=O) groups is 1. The lowest BCUT2D eigenvalue weighted by Crippen LogP contribution is -2.59. The molecule has 0 bridgehead atoms. The van der Waals surface area contributed by atoms with Crippen LogP contribution in [0.2, 0.25) is 0 Å². The van der Waals surface area contributed by atoms with Gasteiger partial charge in [0.25, 0.3) is 0 Å². The van der Waals surface area contributed by atoms with Crippen molar-refractivity contribution in [2.45, 2.75) is 111 Å². The van der Waals surface area contributed by atoms with Gasteiger partial charge < -0.3 is 10.2 Å². The third-order valence-electron chi connectivity index (χ3n) is 10.5. The van der Waals surface area contributed by atoms with Gasteiger partial charge in [-0.1, -0.05) is 53.4 Å². The van der Waals surface area contributed by atoms with Crippen molar-refractivity contribution in [3.8, 4) is 0 Å². The molecule has 0 unspecified atom stereocenters. The van der Waals surface area contributed by atoms with E-state index in [4.69, 9.17) is 0 Å². The molecule has 0 radical (unpaired) electrons. The maximum atomic E-state index is 13.2. The van der Waals surface area contributed by atoms with Crippen molar-refractivity contribution in [2.24, 2.45) is 46.3 Å². The molecule has 3 heteroatoms. The first-order valence-electron chi connectivity index (χ1n) is 12.6. The molecule has 0 spiro atoms. The highest BCUT2D eigenvalue weighted by atomic mass is 16.3. The lowest BCUT2D eigenvalue weighted by atomic mass is 9.44. The molecule has 0 saturated heterocycles. The van der Waals surface area contributed by atoms with Crippen LogP contribution in [0.25, 0.3) is 0 Å². The molecule has 0 heterocycles. The van der Waals surface area contributed by atoms with Crippen molar-refractivity contribution in [2.75, 3.05) is 0 Å². The lowest BCUT2D eigenvalue weighted by molar-refractivity contribution is -0.173. The summed E-state index contributed by atoms with van der Waals surface area (Å²) < 4.78 is 0. The minimum atomic E-state index is -0.720. The molecule has 10 atom stereocenters. The van der Waals surface area contributed by atoms with Crippen molar-refractivity contribution >= 4 is 5.78 Å². The van der Waals surface area contributed by atoms with Gasteiger partial charge in [-0.05, 0) is 78.9 Å². The molecule has 4 fully saturated rings. The molecule has 4 aliphatic carbocycles. The molecule has 0 amide bonds. The Morgan fingerprint density at radius 1 is 1.03 bits per heavy atom. The summed E-state index contributed by atoms with van der Waals surface area (Å²) in [4.78, 5) is 13.2. The second-order valence-corrected chi connectivity index (χ2v) is 11.9. The highest BCUT2D eigenvalue weighted by molar-refractivity contribution is 5.83. The number of Topliss-reactive ketones (excluding diaryl/α,β-unsaturated/α-hetero) is 1. The average Bonchev–Trinajstić information content (AvgIpc) is 3.02. The molecular weight excluding hydrogens is 360 g/mol. The van der Waals surface area contributed by atoms with E-state index in [9.17, 15) is 15.0 Å². The fourth-order valence-corrected chi connectivity index (χ4v) is 8.96. The number of aliphatic hydroxyl groups excluding tert-OH is 2. The van der Waals surface area contributed by atoms with E-state index in [0.717, 1.165) is 18.3 Å². The molecule has 0 aromatic heterocycles. The first-order valence-corrected chi connectivity index (χ1v) is 12.6. The number of unbranched alkanes of at least 4 members (excludes halogenated alkanes) is 2. The second kappa shape index (κ2) is 7.93. The average molecular weight is 405 g/mol. The predicted octanol–water partition coefficient (Wildman–Crippen LogP) is 5.37. The van der Waals surface area contributed by atoms with E-state index in [1.807, 2.05) is 0 Å². The molecule has 4 aliphatic rings. The molecule has 29 heavy (non-hydrogen) atoms. The summed E-state index contributed by atoms with van der Waals surface area (Å²) in [6.45, 7) is 9.60. The predicted molar refractivity (Wildman–Crippen MR) is 116 cm³/mol. The highest BCUT2D eigenvalue weighted by Crippen LogP contribution is 2.67. The Morgan fingerprint density at radius 3 is 2.48 bits per heavy atom. The summed E-state index contributed by atoms with van der Waals surface area (Å²) in [6.07, 6.45) is 10.9. The van der Waals surface area contributed by atoms with E-state index in [1.165, 1.54) is 51.4 Å². The first kappa shape index (κ1) is 21.8. The SMILES string of the molecule is CCCCC[C@@H](C)[C@H]1CC[C@H]2[C@@H]3CC(=O)[C@H]4C[C@H](O)[C@H](O)C[C@]4(C)[C@H]3CC[C@]12C. The molecule has 4 saturated carbocycles. The summed E-state index contributed by atoms with van der Waals surface area (Å²) in [7, 11) is 0. The monoisotopic (exact) mass is 404 g/mol. The minimum Gasteiger partial charge on any atom is -0.390 e. The van der Waals surface area contributed by atoms with Gasteiger partial charge in [0.2, 0.25) is 0 Å². The van der Waals surface area contributed by atoms with Gasteiger partial charge in [-0.25, -0.2) is 0 Å². The molecule has 0 aliphatic heterocycles. The van der Waals surface area contributed by atoms with Gasteiger partial charge in [-0.15, -0.1) is 0 Å². The van der Waals surface area contributed by atoms with Gasteiger partial charge in [0, 0.05) is 12.3 Å². The summed E-state index contributed by atoms with van der Waals surface area (Å²) in [5, 5.41) is 20.7. The van der Waals surface area contributed by atoms with Crippen LogP contribution in [-0.4, -0.2) is 28.2 Å². The van der Waals surface area contributed by atoms with Gasteiger partial charge in [-0.3, -0.25) is 4.79 Å². The highest BCUT2D eigenvalue weighted by Gasteiger charge is 2.63. The number of hydrogen-bond acceptors (Lipinski definition) is 3. The molecule has 3 nitrogen and oxygen atoms in total. The molecule has 0 aromatic carbocycles. The van der Waals surface area contributed by atoms with Crippen LogP contribution >= 0.6 is 0 Å². The number of rotatable bonds is 5. The summed E-state index contributed by atoms with van der Waals surface area (Å²) in [5.74, 6) is 3.65. The van der Waals surface area contributed by atoms with Crippen LogP contribution < -0.4 is 0 Å². The lowest BCUT2D eigenvalue weighted by Gasteiger charge is -2.61. The maximum Gasteiger partial charge on any atom is 0.136 e. The van der Waals surface area contributed by atoms with Crippen LogP contribution in [-0.2, 0) is 4.79 Å². The zero-order valence-electron chi connectivity index (χ0n) is 19.2. The number of carbonyl (C=O) groups excluding carboxylic acids is 1. The Labute approximate surface area is 178 Å². The van der Waals surface area contributed by atoms with Gasteiger partial charge in [0.1, 0.15) is 5.78 Å². The van der Waals surface area contributed by atoms with E-state index in [-0.39, 0.29) is 11.3 Å². The Balaban J connectivity index is 1.55. The fourth-order valence-electron chi connectivity index (χ4n) is 8.96. The van der Waals surface area contributed by atoms with Crippen LogP contribution in [0.1, 0.15) is 98.3 Å². The van der Waals surface area contributed by atoms with Crippen LogP contribution in [0.4, 0.5) is 0 Å². The van der Waals surface area contributed by atoms with Crippen molar-refractivity contribution in [3.05, 3.63) is 0 Å². The fraction of sp³-hybridized carbons (Fsp3) is 0.962. The van der Waals surface area contributed by atoms with Crippen molar-refractivity contribution < 1.29 is 15.0 Å².